The highest BCUT2D eigenvalue weighted by Gasteiger charge is 2.54. The van der Waals surface area contributed by atoms with Crippen LogP contribution in [0.15, 0.2) is 28.7 Å². The van der Waals surface area contributed by atoms with Crippen LogP contribution in [-0.2, 0) is 24.0 Å². The first kappa shape index (κ1) is 21.8. The van der Waals surface area contributed by atoms with Crippen molar-refractivity contribution in [2.75, 3.05) is 25.2 Å². The van der Waals surface area contributed by atoms with Gasteiger partial charge < -0.3 is 31.5 Å². The lowest BCUT2D eigenvalue weighted by atomic mass is 10.0. The van der Waals surface area contributed by atoms with Gasteiger partial charge in [0.05, 0.1) is 0 Å². The number of hydrogen-bond acceptors (Lipinski definition) is 11. The Morgan fingerprint density at radius 2 is 2.19 bits per heavy atom. The van der Waals surface area contributed by atoms with Crippen LogP contribution in [0, 0.1) is 0 Å². The summed E-state index contributed by atoms with van der Waals surface area (Å²) in [7, 11) is 1.21. The number of carbonyl (C=O) groups excluding carboxylic acids is 3. The maximum atomic E-state index is 12.7. The fourth-order valence-corrected chi connectivity index (χ4v) is 4.25. The molecular formula is C16H17N7O7S. The van der Waals surface area contributed by atoms with Gasteiger partial charge in [-0.3, -0.25) is 14.5 Å². The molecule has 6 N–H and O–H groups in total. The van der Waals surface area contributed by atoms with Crippen molar-refractivity contribution < 1.29 is 33.9 Å². The van der Waals surface area contributed by atoms with Crippen LogP contribution in [0.2, 0.25) is 0 Å². The number of carboxylic acid groups (broad SMARTS) is 1. The number of thioether (sulfide) groups is 1. The Balaban J connectivity index is 1.79. The van der Waals surface area contributed by atoms with Gasteiger partial charge >= 0.3 is 12.1 Å². The second kappa shape index (κ2) is 8.86. The Hall–Kier alpha value is -3.88. The molecule has 2 aliphatic rings. The number of anilines is 1. The summed E-state index contributed by atoms with van der Waals surface area (Å²) in [6, 6.07) is 0.380. The molecular weight excluding hydrogens is 434 g/mol. The number of amides is 3. The topological polar surface area (TPSA) is 212 Å². The third-order valence-corrected chi connectivity index (χ3v) is 5.55. The summed E-state index contributed by atoms with van der Waals surface area (Å²) >= 11 is 1.19. The summed E-state index contributed by atoms with van der Waals surface area (Å²) in [6.07, 6.45) is 0.251. The quantitative estimate of drug-likeness (QED) is 0.207. The molecule has 3 amide bonds. The Bertz CT molecular complexity index is 1010. The molecule has 1 aromatic heterocycles. The Kier molecular flexibility index (Phi) is 6.24. The normalized spacial score (nSPS) is 20.5. The fraction of sp³-hybridized carbons (Fsp3) is 0.312. The van der Waals surface area contributed by atoms with Gasteiger partial charge in [0.1, 0.15) is 36.6 Å². The molecule has 0 spiro atoms. The lowest BCUT2D eigenvalue weighted by Gasteiger charge is -2.49. The van der Waals surface area contributed by atoms with Crippen LogP contribution < -0.4 is 16.8 Å². The summed E-state index contributed by atoms with van der Waals surface area (Å²) in [4.78, 5) is 61.4. The summed E-state index contributed by atoms with van der Waals surface area (Å²) < 4.78 is 4.66. The van der Waals surface area contributed by atoms with Gasteiger partial charge in [0.25, 0.3) is 11.8 Å². The minimum absolute atomic E-state index is 0.0947. The van der Waals surface area contributed by atoms with Crippen LogP contribution >= 0.6 is 11.8 Å². The lowest BCUT2D eigenvalue weighted by molar-refractivity contribution is -0.150. The summed E-state index contributed by atoms with van der Waals surface area (Å²) in [6.45, 7) is -0.366. The molecule has 3 rings (SSSR count). The second-order valence-corrected chi connectivity index (χ2v) is 7.26. The van der Waals surface area contributed by atoms with Gasteiger partial charge in [-0.05, 0) is 6.07 Å². The number of hydrogen-bond donors (Lipinski definition) is 4. The molecule has 0 aromatic carbocycles. The van der Waals surface area contributed by atoms with Crippen molar-refractivity contribution in [2.24, 2.45) is 10.9 Å². The molecule has 0 bridgehead atoms. The van der Waals surface area contributed by atoms with E-state index in [0.29, 0.717) is 0 Å². The van der Waals surface area contributed by atoms with E-state index >= 15 is 0 Å². The average molecular weight is 451 g/mol. The number of nitrogens with one attached hydrogen (secondary N) is 1. The predicted molar refractivity (Wildman–Crippen MR) is 105 cm³/mol. The molecule has 0 radical (unpaired) electrons. The summed E-state index contributed by atoms with van der Waals surface area (Å²) in [5, 5.41) is 14.9. The van der Waals surface area contributed by atoms with Crippen molar-refractivity contribution in [1.82, 2.24) is 20.2 Å². The Morgan fingerprint density at radius 3 is 2.81 bits per heavy atom. The van der Waals surface area contributed by atoms with Crippen molar-refractivity contribution in [3.8, 4) is 0 Å². The van der Waals surface area contributed by atoms with Crippen LogP contribution in [-0.4, -0.2) is 80.4 Å². The standard InChI is InChI=1S/C16H17N7O7S/c1-29-22-8(11-19-3-2-7(17)20-11)12(24)21-9-13(25)23-10(15(26)27)6(4-30-16(18)28)5-31-14(9)23/h2-3,9,14H,4-5H2,1H3,(H2,18,28)(H,21,24)(H,26,27)(H2,17,19,20)/b22-8+. The van der Waals surface area contributed by atoms with Gasteiger partial charge in [-0.25, -0.2) is 19.6 Å². The number of nitrogen functional groups attached to an aromatic ring is 1. The molecule has 2 aliphatic heterocycles. The van der Waals surface area contributed by atoms with E-state index in [1.54, 1.807) is 0 Å². The summed E-state index contributed by atoms with van der Waals surface area (Å²) in [5.41, 5.74) is 10.1. The molecule has 1 saturated heterocycles. The van der Waals surface area contributed by atoms with Gasteiger partial charge in [0.15, 0.2) is 5.82 Å². The van der Waals surface area contributed by atoms with Crippen molar-refractivity contribution in [2.45, 2.75) is 11.4 Å². The Morgan fingerprint density at radius 1 is 1.45 bits per heavy atom. The number of carboxylic acids is 1. The average Bonchev–Trinajstić information content (AvgIpc) is 2.73. The van der Waals surface area contributed by atoms with E-state index in [2.05, 4.69) is 30.0 Å². The predicted octanol–water partition coefficient (Wildman–Crippen LogP) is -1.76. The van der Waals surface area contributed by atoms with E-state index in [-0.39, 0.29) is 41.0 Å². The molecule has 3 heterocycles. The minimum atomic E-state index is -1.37. The van der Waals surface area contributed by atoms with Gasteiger partial charge in [-0.2, -0.15) is 0 Å². The lowest BCUT2D eigenvalue weighted by Crippen LogP contribution is -2.71. The van der Waals surface area contributed by atoms with Crippen molar-refractivity contribution in [3.05, 3.63) is 29.4 Å². The van der Waals surface area contributed by atoms with E-state index in [1.165, 1.54) is 31.1 Å². The molecule has 15 heteroatoms. The highest BCUT2D eigenvalue weighted by atomic mass is 32.2. The maximum Gasteiger partial charge on any atom is 0.404 e. The highest BCUT2D eigenvalue weighted by molar-refractivity contribution is 8.00. The monoisotopic (exact) mass is 451 g/mol. The molecule has 1 aromatic rings. The maximum absolute atomic E-state index is 12.7. The third kappa shape index (κ3) is 4.35. The number of rotatable bonds is 7. The number of fused-ring (bicyclic) bond motifs is 1. The molecule has 0 saturated carbocycles. The van der Waals surface area contributed by atoms with Crippen molar-refractivity contribution >= 4 is 47.2 Å². The van der Waals surface area contributed by atoms with Crippen molar-refractivity contribution in [3.63, 3.8) is 0 Å². The van der Waals surface area contributed by atoms with E-state index in [9.17, 15) is 24.3 Å². The second-order valence-electron chi connectivity index (χ2n) is 6.15. The number of nitrogens with zero attached hydrogens (tertiary/aromatic N) is 4. The third-order valence-electron chi connectivity index (χ3n) is 4.21. The first-order chi connectivity index (χ1) is 14.7. The van der Waals surface area contributed by atoms with Gasteiger partial charge in [-0.15, -0.1) is 11.8 Å². The van der Waals surface area contributed by atoms with Gasteiger partial charge in [-0.1, -0.05) is 5.16 Å². The SMILES string of the molecule is CO/N=C(/C(=O)NC1C(=O)N2C(C(=O)O)=C(COC(N)=O)CSC12)c1nccc(N)n1. The molecule has 164 valence electrons. The molecule has 2 atom stereocenters. The molecule has 14 nitrogen and oxygen atoms in total. The fourth-order valence-electron chi connectivity index (χ4n) is 2.92. The number of β-lactam (4-membered cyclic amide) rings is 1. The molecule has 31 heavy (non-hydrogen) atoms. The number of aromatic nitrogens is 2. The van der Waals surface area contributed by atoms with Crippen LogP contribution in [0.3, 0.4) is 0 Å². The largest absolute Gasteiger partial charge is 0.477 e. The van der Waals surface area contributed by atoms with Crippen LogP contribution in [0.5, 0.6) is 0 Å². The van der Waals surface area contributed by atoms with E-state index < -0.39 is 35.3 Å². The van der Waals surface area contributed by atoms with Crippen LogP contribution in [0.25, 0.3) is 0 Å². The first-order valence-corrected chi connectivity index (χ1v) is 9.62. The van der Waals surface area contributed by atoms with E-state index in [0.717, 1.165) is 4.90 Å². The van der Waals surface area contributed by atoms with Crippen LogP contribution in [0.4, 0.5) is 10.6 Å². The van der Waals surface area contributed by atoms with Gasteiger partial charge in [0.2, 0.25) is 5.71 Å². The smallest absolute Gasteiger partial charge is 0.404 e. The Labute approximate surface area is 178 Å². The number of carbonyl (C=O) groups is 4. The number of primary amides is 1. The number of aliphatic carboxylic acids is 1. The van der Waals surface area contributed by atoms with Crippen LogP contribution in [0.1, 0.15) is 5.82 Å². The zero-order valence-electron chi connectivity index (χ0n) is 16.0. The molecule has 2 unspecified atom stereocenters. The first-order valence-electron chi connectivity index (χ1n) is 8.57. The minimum Gasteiger partial charge on any atom is -0.477 e. The van der Waals surface area contributed by atoms with Crippen molar-refractivity contribution in [1.29, 1.82) is 0 Å². The van der Waals surface area contributed by atoms with Gasteiger partial charge in [0, 0.05) is 17.5 Å². The molecule has 1 fully saturated rings. The molecule has 0 aliphatic carbocycles. The number of nitrogens with two attached hydrogens (primary N) is 2. The number of ether oxygens (including phenoxy) is 1. The zero-order chi connectivity index (χ0) is 22.7. The highest BCUT2D eigenvalue weighted by Crippen LogP contribution is 2.40. The van der Waals surface area contributed by atoms with E-state index in [1.807, 2.05) is 0 Å². The van der Waals surface area contributed by atoms with E-state index in [4.69, 9.17) is 11.5 Å². The summed E-state index contributed by atoms with van der Waals surface area (Å²) in [5.74, 6) is -2.72. The number of oxime groups is 1. The zero-order valence-corrected chi connectivity index (χ0v) is 16.8.